The first-order valence-electron chi connectivity index (χ1n) is 11.6. The smallest absolute Gasteiger partial charge is 0.410 e. The predicted molar refractivity (Wildman–Crippen MR) is 60.0 cm³/mol. The zero-order valence-electron chi connectivity index (χ0n) is 22.7. The van der Waals surface area contributed by atoms with E-state index < -0.39 is 67.1 Å². The number of piperidine rings is 1. The van der Waals surface area contributed by atoms with Gasteiger partial charge in [-0.05, 0) is 45.3 Å². The lowest BCUT2D eigenvalue weighted by molar-refractivity contribution is 0.000449. The SMILES string of the molecule is [2H]OC([2H])([2H])[C@@]1([2H])N(C(=O)OC(C)(C)C([2H])[2H])C([2H])([2H])[C@@]2([2H])C([2H])([2H])[C@@]2([2H])C1([2H])[2H]. The highest BCUT2D eigenvalue weighted by molar-refractivity contribution is 5.69. The maximum atomic E-state index is 12.9. The molecule has 2 fully saturated rings. The molecule has 1 saturated heterocycles. The number of hydrogen-bond acceptors (Lipinski definition) is 3. The maximum absolute atomic E-state index is 12.9. The summed E-state index contributed by atoms with van der Waals surface area (Å²) in [5.74, 6) is -6.69. The molecular weight excluding hydrogens is 206 g/mol. The third-order valence-corrected chi connectivity index (χ3v) is 1.76. The van der Waals surface area contributed by atoms with Crippen LogP contribution in [-0.4, -0.2) is 42.2 Å². The van der Waals surface area contributed by atoms with Gasteiger partial charge >= 0.3 is 6.09 Å². The average Bonchev–Trinajstić information content (AvgIpc) is 2.95. The summed E-state index contributed by atoms with van der Waals surface area (Å²) in [4.78, 5) is 12.4. The van der Waals surface area contributed by atoms with E-state index in [4.69, 9.17) is 24.0 Å². The van der Waals surface area contributed by atoms with Crippen molar-refractivity contribution in [1.82, 2.24) is 4.90 Å². The van der Waals surface area contributed by atoms with Crippen molar-refractivity contribution in [2.24, 2.45) is 11.8 Å². The number of likely N-dealkylation sites (tertiary alicyclic amines) is 1. The van der Waals surface area contributed by atoms with Gasteiger partial charge < -0.3 is 14.7 Å². The van der Waals surface area contributed by atoms with Gasteiger partial charge in [-0.1, -0.05) is 0 Å². The molecule has 1 saturated carbocycles. The third-order valence-electron chi connectivity index (χ3n) is 1.76. The van der Waals surface area contributed by atoms with E-state index in [2.05, 4.69) is 5.11 Å². The fourth-order valence-corrected chi connectivity index (χ4v) is 1.09. The second-order valence-electron chi connectivity index (χ2n) is 3.87. The third kappa shape index (κ3) is 2.48. The Bertz CT molecular complexity index is 758. The van der Waals surface area contributed by atoms with Crippen LogP contribution in [0.3, 0.4) is 0 Å². The summed E-state index contributed by atoms with van der Waals surface area (Å²) in [5.41, 5.74) is -1.97. The van der Waals surface area contributed by atoms with Crippen LogP contribution in [-0.2, 0) is 4.74 Å². The molecule has 16 heavy (non-hydrogen) atoms. The van der Waals surface area contributed by atoms with Crippen LogP contribution >= 0.6 is 0 Å². The highest BCUT2D eigenvalue weighted by Gasteiger charge is 2.47. The molecule has 2 aliphatic rings. The summed E-state index contributed by atoms with van der Waals surface area (Å²) in [6.45, 7) is -7.27. The monoisotopic (exact) mass is 241 g/mol. The molecular formula is C12H21NO3. The molecule has 0 aromatic rings. The Labute approximate surface area is 116 Å². The quantitative estimate of drug-likeness (QED) is 0.799. The average molecular weight is 241 g/mol. The molecule has 0 unspecified atom stereocenters. The molecule has 0 bridgehead atoms. The summed E-state index contributed by atoms with van der Waals surface area (Å²) in [7, 11) is 0. The van der Waals surface area contributed by atoms with Crippen molar-refractivity contribution in [3.8, 4) is 0 Å². The van der Waals surface area contributed by atoms with Gasteiger partial charge in [0.2, 0.25) is 1.43 Å². The minimum absolute atomic E-state index is 0.525. The lowest BCUT2D eigenvalue weighted by Crippen LogP contribution is -2.48. The number of nitrogens with zero attached hydrogens (tertiary/aromatic N) is 1. The van der Waals surface area contributed by atoms with E-state index in [0.29, 0.717) is 0 Å². The van der Waals surface area contributed by atoms with Crippen LogP contribution in [0.1, 0.15) is 51.3 Å². The van der Waals surface area contributed by atoms with Gasteiger partial charge in [0.05, 0.1) is 16.7 Å². The van der Waals surface area contributed by atoms with Crippen LogP contribution in [0.2, 0.25) is 0 Å². The van der Waals surface area contributed by atoms with Gasteiger partial charge in [0, 0.05) is 20.2 Å². The van der Waals surface area contributed by atoms with Crippen molar-refractivity contribution >= 4 is 6.09 Å². The molecule has 4 nitrogen and oxygen atoms in total. The molecule has 1 aliphatic heterocycles. The molecule has 1 aliphatic carbocycles. The summed E-state index contributed by atoms with van der Waals surface area (Å²) in [6, 6.07) is -3.92. The zero-order chi connectivity index (χ0) is 24.1. The van der Waals surface area contributed by atoms with Crippen molar-refractivity contribution in [2.75, 3.05) is 13.1 Å². The number of ether oxygens (including phenoxy) is 1. The van der Waals surface area contributed by atoms with E-state index in [1.165, 1.54) is 0 Å². The lowest BCUT2D eigenvalue weighted by Gasteiger charge is -2.35. The fourth-order valence-electron chi connectivity index (χ4n) is 1.09. The van der Waals surface area contributed by atoms with Gasteiger partial charge in [-0.25, -0.2) is 4.79 Å². The lowest BCUT2D eigenvalue weighted by atomic mass is 10.0. The van der Waals surface area contributed by atoms with Gasteiger partial charge in [-0.3, -0.25) is 0 Å². The van der Waals surface area contributed by atoms with E-state index >= 15 is 0 Å². The van der Waals surface area contributed by atoms with Gasteiger partial charge in [0.25, 0.3) is 0 Å². The molecule has 92 valence electrons. The summed E-state index contributed by atoms with van der Waals surface area (Å²) in [6.07, 6.45) is -9.08. The van der Waals surface area contributed by atoms with Crippen molar-refractivity contribution in [1.29, 1.82) is 1.43 Å². The van der Waals surface area contributed by atoms with E-state index in [1.54, 1.807) is 0 Å². The first-order chi connectivity index (χ1) is 13.0. The van der Waals surface area contributed by atoms with Gasteiger partial charge in [0.1, 0.15) is 5.60 Å². The van der Waals surface area contributed by atoms with Crippen LogP contribution in [0.4, 0.5) is 4.79 Å². The number of carbonyl (C=O) groups is 1. The second-order valence-corrected chi connectivity index (χ2v) is 3.87. The molecule has 4 heteroatoms. The van der Waals surface area contributed by atoms with Crippen molar-refractivity contribution < 1.29 is 32.5 Å². The minimum atomic E-state index is -3.92. The van der Waals surface area contributed by atoms with E-state index in [1.807, 2.05) is 0 Å². The molecule has 0 aromatic heterocycles. The molecule has 0 radical (unpaired) electrons. The first kappa shape index (κ1) is 3.37. The first-order valence-corrected chi connectivity index (χ1v) is 4.53. The Kier molecular flexibility index (Phi) is 0.825. The minimum Gasteiger partial charge on any atom is -0.444 e. The Hall–Kier alpha value is -0.770. The number of aliphatic hydroxyl groups is 1. The number of amides is 1. The molecule has 2 rings (SSSR count). The van der Waals surface area contributed by atoms with Crippen LogP contribution in [0, 0.1) is 11.8 Å². The van der Waals surface area contributed by atoms with E-state index in [-0.39, 0.29) is 0 Å². The fraction of sp³-hybridized carbons (Fsp3) is 0.917. The standard InChI is InChI=1S/C12H21NO3/c1-12(2,3)16-11(15)13-6-9-4-8(9)5-10(13)7-14/h8-10,14H,4-7H2,1-3H3/t8-,9+,10-/m0/s1/i1D2,4D2,5D2,6D2,7D2,8D,9D,10D,14D. The molecule has 1 heterocycles. The summed E-state index contributed by atoms with van der Waals surface area (Å²) in [5, 5.41) is 3.78. The van der Waals surface area contributed by atoms with Crippen molar-refractivity contribution in [3.63, 3.8) is 0 Å². The van der Waals surface area contributed by atoms with Gasteiger partial charge in [-0.15, -0.1) is 0 Å². The van der Waals surface area contributed by atoms with Crippen LogP contribution in [0.25, 0.3) is 0 Å². The number of carbonyl (C=O) groups excluding carboxylic acids is 1. The Morgan fingerprint density at radius 3 is 3.31 bits per heavy atom. The van der Waals surface area contributed by atoms with E-state index in [0.717, 1.165) is 13.8 Å². The second kappa shape index (κ2) is 3.91. The van der Waals surface area contributed by atoms with Crippen LogP contribution in [0.15, 0.2) is 0 Å². The molecule has 3 atom stereocenters. The number of fused-ring (bicyclic) bond motifs is 1. The number of rotatable bonds is 2. The molecule has 0 aromatic carbocycles. The zero-order valence-corrected chi connectivity index (χ0v) is 8.75. The predicted octanol–water partition coefficient (Wildman–Crippen LogP) is 1.62. The van der Waals surface area contributed by atoms with Crippen molar-refractivity contribution in [2.45, 2.75) is 45.1 Å². The van der Waals surface area contributed by atoms with Gasteiger partial charge in [-0.2, -0.15) is 0 Å². The molecule has 0 spiro atoms. The van der Waals surface area contributed by atoms with Crippen molar-refractivity contribution in [3.05, 3.63) is 0 Å². The van der Waals surface area contributed by atoms with Crippen LogP contribution in [0.5, 0.6) is 0 Å². The topological polar surface area (TPSA) is 49.8 Å². The molecule has 1 amide bonds. The van der Waals surface area contributed by atoms with Crippen LogP contribution < -0.4 is 0 Å². The largest absolute Gasteiger partial charge is 0.444 e. The Morgan fingerprint density at radius 2 is 2.62 bits per heavy atom. The van der Waals surface area contributed by atoms with Gasteiger partial charge in [0.15, 0.2) is 0 Å². The summed E-state index contributed by atoms with van der Waals surface area (Å²) < 4.78 is 116. The maximum Gasteiger partial charge on any atom is 0.410 e. The highest BCUT2D eigenvalue weighted by Crippen LogP contribution is 2.47. The summed E-state index contributed by atoms with van der Waals surface area (Å²) >= 11 is 0. The molecule has 1 N–H and O–H groups in total. The normalized spacial score (nSPS) is 70.3. The Balaban J connectivity index is 2.85. The Morgan fingerprint density at radius 1 is 1.81 bits per heavy atom. The van der Waals surface area contributed by atoms with E-state index in [9.17, 15) is 4.79 Å². The highest BCUT2D eigenvalue weighted by atomic mass is 16.6. The number of hydrogen-bond donors (Lipinski definition) is 1.